The third kappa shape index (κ3) is 8.24. The molecule has 0 amide bonds. The lowest BCUT2D eigenvalue weighted by molar-refractivity contribution is -0.138. The molecule has 0 aliphatic carbocycles. The SMILES string of the molecule is Cc1cc(C=Cc2ccc(OCCCCOc3ccccc3)cc2)c2c(c1)c(CCCC(=O)O)cn2CC(=O)O. The van der Waals surface area contributed by atoms with Gasteiger partial charge in [0.15, 0.2) is 0 Å². The molecule has 0 saturated heterocycles. The fourth-order valence-corrected chi connectivity index (χ4v) is 4.68. The quantitative estimate of drug-likeness (QED) is 0.126. The molecule has 2 N–H and O–H groups in total. The number of carboxylic acid groups (broad SMARTS) is 2. The largest absolute Gasteiger partial charge is 0.494 e. The van der Waals surface area contributed by atoms with Gasteiger partial charge < -0.3 is 24.3 Å². The lowest BCUT2D eigenvalue weighted by Crippen LogP contribution is -2.08. The first kappa shape index (κ1) is 28.5. The van der Waals surface area contributed by atoms with Crippen LogP contribution >= 0.6 is 0 Å². The Morgan fingerprint density at radius 1 is 0.825 bits per heavy atom. The van der Waals surface area contributed by atoms with Crippen molar-refractivity contribution < 1.29 is 29.3 Å². The van der Waals surface area contributed by atoms with Crippen molar-refractivity contribution in [2.45, 2.75) is 45.6 Å². The molecule has 0 spiro atoms. The molecule has 3 aromatic carbocycles. The second-order valence-corrected chi connectivity index (χ2v) is 9.79. The second kappa shape index (κ2) is 14.0. The molecule has 0 unspecified atom stereocenters. The van der Waals surface area contributed by atoms with Crippen LogP contribution in [0.25, 0.3) is 23.1 Å². The molecule has 0 fully saturated rings. The van der Waals surface area contributed by atoms with Gasteiger partial charge in [-0.25, -0.2) is 0 Å². The van der Waals surface area contributed by atoms with Crippen molar-refractivity contribution in [1.29, 1.82) is 0 Å². The molecule has 0 aliphatic rings. The highest BCUT2D eigenvalue weighted by atomic mass is 16.5. The van der Waals surface area contributed by atoms with E-state index in [1.54, 1.807) is 4.57 Å². The van der Waals surface area contributed by atoms with E-state index in [-0.39, 0.29) is 13.0 Å². The summed E-state index contributed by atoms with van der Waals surface area (Å²) in [6, 6.07) is 21.7. The smallest absolute Gasteiger partial charge is 0.323 e. The van der Waals surface area contributed by atoms with Gasteiger partial charge in [0.05, 0.1) is 18.7 Å². The highest BCUT2D eigenvalue weighted by Gasteiger charge is 2.14. The van der Waals surface area contributed by atoms with Gasteiger partial charge in [0.2, 0.25) is 0 Å². The maximum Gasteiger partial charge on any atom is 0.323 e. The lowest BCUT2D eigenvalue weighted by Gasteiger charge is -2.08. The predicted molar refractivity (Wildman–Crippen MR) is 157 cm³/mol. The lowest BCUT2D eigenvalue weighted by atomic mass is 10.0. The van der Waals surface area contributed by atoms with Crippen LogP contribution in [0.15, 0.2) is 72.9 Å². The number of hydrogen-bond acceptors (Lipinski definition) is 4. The number of para-hydroxylation sites is 1. The predicted octanol–water partition coefficient (Wildman–Crippen LogP) is 6.85. The third-order valence-corrected chi connectivity index (χ3v) is 6.53. The van der Waals surface area contributed by atoms with E-state index in [9.17, 15) is 14.7 Å². The normalized spacial score (nSPS) is 11.2. The third-order valence-electron chi connectivity index (χ3n) is 6.53. The molecule has 7 nitrogen and oxygen atoms in total. The van der Waals surface area contributed by atoms with Gasteiger partial charge in [0.25, 0.3) is 0 Å². The molecule has 1 heterocycles. The number of rotatable bonds is 15. The Kier molecular flexibility index (Phi) is 9.99. The van der Waals surface area contributed by atoms with Crippen molar-refractivity contribution in [3.63, 3.8) is 0 Å². The van der Waals surface area contributed by atoms with Gasteiger partial charge >= 0.3 is 11.9 Å². The maximum atomic E-state index is 11.6. The molecule has 4 aromatic rings. The van der Waals surface area contributed by atoms with Crippen molar-refractivity contribution in [2.75, 3.05) is 13.2 Å². The monoisotopic (exact) mass is 541 g/mol. The fourth-order valence-electron chi connectivity index (χ4n) is 4.68. The Hall–Kier alpha value is -4.52. The number of ether oxygens (including phenoxy) is 2. The highest BCUT2D eigenvalue weighted by molar-refractivity contribution is 5.94. The molecule has 208 valence electrons. The molecular weight excluding hydrogens is 506 g/mol. The molecule has 0 atom stereocenters. The summed E-state index contributed by atoms with van der Waals surface area (Å²) < 4.78 is 13.3. The second-order valence-electron chi connectivity index (χ2n) is 9.79. The van der Waals surface area contributed by atoms with Crippen molar-refractivity contribution in [3.8, 4) is 11.5 Å². The average Bonchev–Trinajstić information content (AvgIpc) is 3.26. The number of aliphatic carboxylic acids is 2. The van der Waals surface area contributed by atoms with E-state index in [0.29, 0.717) is 26.1 Å². The number of aromatic nitrogens is 1. The molecule has 1 aromatic heterocycles. The topological polar surface area (TPSA) is 98.0 Å². The van der Waals surface area contributed by atoms with Crippen LogP contribution in [0, 0.1) is 6.92 Å². The molecule has 40 heavy (non-hydrogen) atoms. The van der Waals surface area contributed by atoms with Crippen molar-refractivity contribution in [2.24, 2.45) is 0 Å². The molecule has 0 saturated carbocycles. The van der Waals surface area contributed by atoms with Crippen LogP contribution in [0.2, 0.25) is 0 Å². The summed E-state index contributed by atoms with van der Waals surface area (Å²) in [6.07, 6.45) is 8.79. The number of nitrogens with zero attached hydrogens (tertiary/aromatic N) is 1. The number of aryl methyl sites for hydroxylation is 2. The Balaban J connectivity index is 1.39. The molecule has 4 rings (SSSR count). The summed E-state index contributed by atoms with van der Waals surface area (Å²) in [6.45, 7) is 3.11. The van der Waals surface area contributed by atoms with Crippen molar-refractivity contribution in [1.82, 2.24) is 4.57 Å². The summed E-state index contributed by atoms with van der Waals surface area (Å²) in [5, 5.41) is 19.5. The molecule has 0 bridgehead atoms. The van der Waals surface area contributed by atoms with Gasteiger partial charge in [-0.3, -0.25) is 9.59 Å². The van der Waals surface area contributed by atoms with E-state index >= 15 is 0 Å². The minimum atomic E-state index is -0.927. The van der Waals surface area contributed by atoms with E-state index < -0.39 is 11.9 Å². The first-order valence-corrected chi connectivity index (χ1v) is 13.5. The van der Waals surface area contributed by atoms with Gasteiger partial charge in [-0.2, -0.15) is 0 Å². The minimum absolute atomic E-state index is 0.0760. The summed E-state index contributed by atoms with van der Waals surface area (Å²) in [4.78, 5) is 22.5. The van der Waals surface area contributed by atoms with Gasteiger partial charge in [0, 0.05) is 18.0 Å². The molecular formula is C33H35NO6. The summed E-state index contributed by atoms with van der Waals surface area (Å²) in [5.41, 5.74) is 4.77. The average molecular weight is 542 g/mol. The van der Waals surface area contributed by atoms with Crippen LogP contribution < -0.4 is 9.47 Å². The van der Waals surface area contributed by atoms with Gasteiger partial charge in [-0.05, 0) is 91.3 Å². The fraction of sp³-hybridized carbons (Fsp3) is 0.273. The minimum Gasteiger partial charge on any atom is -0.494 e. The van der Waals surface area contributed by atoms with Crippen LogP contribution in [0.5, 0.6) is 11.5 Å². The summed E-state index contributed by atoms with van der Waals surface area (Å²) >= 11 is 0. The number of benzene rings is 3. The Morgan fingerprint density at radius 3 is 2.15 bits per heavy atom. The van der Waals surface area contributed by atoms with E-state index in [1.165, 1.54) is 0 Å². The van der Waals surface area contributed by atoms with Crippen molar-refractivity contribution in [3.05, 3.63) is 95.2 Å². The number of hydrogen-bond donors (Lipinski definition) is 2. The first-order valence-electron chi connectivity index (χ1n) is 13.5. The van der Waals surface area contributed by atoms with Crippen molar-refractivity contribution >= 4 is 35.0 Å². The zero-order valence-corrected chi connectivity index (χ0v) is 22.7. The van der Waals surface area contributed by atoms with E-state index in [0.717, 1.165) is 57.5 Å². The highest BCUT2D eigenvalue weighted by Crippen LogP contribution is 2.29. The zero-order valence-electron chi connectivity index (χ0n) is 22.7. The van der Waals surface area contributed by atoms with Crippen LogP contribution in [0.4, 0.5) is 0 Å². The van der Waals surface area contributed by atoms with Gasteiger partial charge in [0.1, 0.15) is 18.0 Å². The first-order chi connectivity index (χ1) is 19.4. The number of carboxylic acids is 2. The van der Waals surface area contributed by atoms with Crippen LogP contribution in [0.1, 0.15) is 47.9 Å². The maximum absolute atomic E-state index is 11.6. The van der Waals surface area contributed by atoms with Crippen LogP contribution in [-0.4, -0.2) is 39.9 Å². The molecule has 0 aliphatic heterocycles. The van der Waals surface area contributed by atoms with Gasteiger partial charge in [-0.15, -0.1) is 0 Å². The van der Waals surface area contributed by atoms with Crippen LogP contribution in [0.3, 0.4) is 0 Å². The Labute approximate surface area is 234 Å². The van der Waals surface area contributed by atoms with Crippen LogP contribution in [-0.2, 0) is 22.6 Å². The zero-order chi connectivity index (χ0) is 28.3. The number of unbranched alkanes of at least 4 members (excludes halogenated alkanes) is 1. The Morgan fingerprint density at radius 2 is 1.50 bits per heavy atom. The standard InChI is InChI=1S/C33H35NO6/c1-24-20-26(33-30(21-24)27(8-7-11-31(35)36)22-34(33)23-32(37)38)15-12-25-13-16-29(17-14-25)40-19-6-5-18-39-28-9-3-2-4-10-28/h2-4,9-10,12-17,20-22H,5-8,11,18-19,23H2,1H3,(H,35,36)(H,37,38). The van der Waals surface area contributed by atoms with E-state index in [4.69, 9.17) is 14.6 Å². The molecule has 7 heteroatoms. The number of carbonyl (C=O) groups is 2. The number of fused-ring (bicyclic) bond motifs is 1. The van der Waals surface area contributed by atoms with E-state index in [2.05, 4.69) is 0 Å². The summed E-state index contributed by atoms with van der Waals surface area (Å²) in [7, 11) is 0. The van der Waals surface area contributed by atoms with Gasteiger partial charge in [-0.1, -0.05) is 42.5 Å². The molecule has 0 radical (unpaired) electrons. The summed E-state index contributed by atoms with van der Waals surface area (Å²) in [5.74, 6) is -0.0761. The Bertz CT molecular complexity index is 1450. The van der Waals surface area contributed by atoms with E-state index in [1.807, 2.05) is 92.0 Å².